The Balaban J connectivity index is 2.33. The van der Waals surface area contributed by atoms with Gasteiger partial charge < -0.3 is 5.11 Å². The first kappa shape index (κ1) is 14.3. The number of benzene rings is 2. The fourth-order valence-electron chi connectivity index (χ4n) is 2.87. The molecule has 0 aliphatic heterocycles. The zero-order valence-electron chi connectivity index (χ0n) is 12.2. The lowest BCUT2D eigenvalue weighted by atomic mass is 9.95. The van der Waals surface area contributed by atoms with Crippen LogP contribution in [-0.4, -0.2) is 11.1 Å². The van der Waals surface area contributed by atoms with Crippen molar-refractivity contribution in [1.29, 1.82) is 0 Å². The first-order valence-electron chi connectivity index (χ1n) is 7.30. The summed E-state index contributed by atoms with van der Waals surface area (Å²) in [6, 6.07) is 16.6. The number of hydrogen-bond donors (Lipinski definition) is 1. The summed E-state index contributed by atoms with van der Waals surface area (Å²) >= 11 is 0. The van der Waals surface area contributed by atoms with E-state index in [9.17, 15) is 14.7 Å². The van der Waals surface area contributed by atoms with Gasteiger partial charge in [0.15, 0.2) is 5.43 Å². The highest BCUT2D eigenvalue weighted by Crippen LogP contribution is 2.24. The van der Waals surface area contributed by atoms with Crippen molar-refractivity contribution < 1.29 is 9.90 Å². The van der Waals surface area contributed by atoms with Gasteiger partial charge in [0, 0.05) is 10.8 Å². The maximum absolute atomic E-state index is 12.7. The lowest BCUT2D eigenvalue weighted by Crippen LogP contribution is -2.10. The Labute approximate surface area is 127 Å². The minimum Gasteiger partial charge on any atom is -0.481 e. The van der Waals surface area contributed by atoms with Crippen LogP contribution in [0.1, 0.15) is 24.8 Å². The van der Waals surface area contributed by atoms with Crippen LogP contribution in [0.15, 0.2) is 59.4 Å². The molecule has 0 aliphatic rings. The van der Waals surface area contributed by atoms with Gasteiger partial charge in [-0.15, -0.1) is 0 Å². The molecule has 1 unspecified atom stereocenters. The van der Waals surface area contributed by atoms with Crippen LogP contribution in [-0.2, 0) is 4.79 Å². The lowest BCUT2D eigenvalue weighted by molar-refractivity contribution is -0.138. The molecule has 0 heterocycles. The second-order valence-electron chi connectivity index (χ2n) is 5.40. The van der Waals surface area contributed by atoms with Gasteiger partial charge in [-0.2, -0.15) is 0 Å². The molecule has 3 nitrogen and oxygen atoms in total. The highest BCUT2D eigenvalue weighted by Gasteiger charge is 2.17. The highest BCUT2D eigenvalue weighted by atomic mass is 16.4. The predicted molar refractivity (Wildman–Crippen MR) is 88.4 cm³/mol. The second kappa shape index (κ2) is 5.60. The van der Waals surface area contributed by atoms with Crippen molar-refractivity contribution >= 4 is 27.5 Å². The standard InChI is InChI=1S/C19H16O3/c1-2-15(19(21)22)13-9-10-17-14(11-13)8-7-12-5-3-4-6-16(12)18(17)20/h3-11,15H,2H2,1H3,(H,21,22). The molecule has 3 rings (SSSR count). The Hall–Kier alpha value is -2.68. The maximum Gasteiger partial charge on any atom is 0.310 e. The monoisotopic (exact) mass is 292 g/mol. The number of aliphatic carboxylic acids is 1. The van der Waals surface area contributed by atoms with Gasteiger partial charge in [-0.3, -0.25) is 9.59 Å². The molecule has 0 spiro atoms. The normalized spacial score (nSPS) is 12.4. The van der Waals surface area contributed by atoms with Crippen LogP contribution in [0.5, 0.6) is 0 Å². The Kier molecular flexibility index (Phi) is 3.63. The van der Waals surface area contributed by atoms with Gasteiger partial charge in [0.25, 0.3) is 0 Å². The van der Waals surface area contributed by atoms with Crippen molar-refractivity contribution in [3.63, 3.8) is 0 Å². The number of carboxylic acids is 1. The minimum absolute atomic E-state index is 0.0227. The van der Waals surface area contributed by atoms with E-state index in [2.05, 4.69) is 0 Å². The molecule has 1 N–H and O–H groups in total. The number of carbonyl (C=O) groups is 1. The van der Waals surface area contributed by atoms with Gasteiger partial charge in [-0.25, -0.2) is 0 Å². The minimum atomic E-state index is -0.838. The van der Waals surface area contributed by atoms with E-state index in [0.29, 0.717) is 17.2 Å². The molecule has 0 amide bonds. The van der Waals surface area contributed by atoms with Gasteiger partial charge >= 0.3 is 5.97 Å². The first-order valence-corrected chi connectivity index (χ1v) is 7.30. The molecule has 0 bridgehead atoms. The van der Waals surface area contributed by atoms with Crippen LogP contribution in [0.25, 0.3) is 21.5 Å². The molecule has 0 aromatic heterocycles. The van der Waals surface area contributed by atoms with Crippen molar-refractivity contribution in [2.24, 2.45) is 0 Å². The molecule has 0 saturated heterocycles. The van der Waals surface area contributed by atoms with Crippen molar-refractivity contribution in [3.05, 3.63) is 70.4 Å². The molecule has 0 aliphatic carbocycles. The maximum atomic E-state index is 12.7. The molecule has 110 valence electrons. The fourth-order valence-corrected chi connectivity index (χ4v) is 2.87. The molecular weight excluding hydrogens is 276 g/mol. The van der Waals surface area contributed by atoms with Gasteiger partial charge in [-0.1, -0.05) is 61.5 Å². The summed E-state index contributed by atoms with van der Waals surface area (Å²) < 4.78 is 0. The van der Waals surface area contributed by atoms with E-state index in [0.717, 1.165) is 16.3 Å². The Morgan fingerprint density at radius 2 is 1.68 bits per heavy atom. The van der Waals surface area contributed by atoms with E-state index in [-0.39, 0.29) is 5.43 Å². The first-order chi connectivity index (χ1) is 10.6. The highest BCUT2D eigenvalue weighted by molar-refractivity contribution is 5.93. The molecule has 0 fully saturated rings. The SMILES string of the molecule is CCC(C(=O)O)c1ccc2c(=O)c3ccccc3ccc2c1. The van der Waals surface area contributed by atoms with E-state index in [1.807, 2.05) is 49.4 Å². The average Bonchev–Trinajstić information content (AvgIpc) is 2.66. The van der Waals surface area contributed by atoms with E-state index in [1.165, 1.54) is 0 Å². The molecule has 22 heavy (non-hydrogen) atoms. The summed E-state index contributed by atoms with van der Waals surface area (Å²) in [6.45, 7) is 1.85. The molecular formula is C19H16O3. The Morgan fingerprint density at radius 3 is 2.41 bits per heavy atom. The second-order valence-corrected chi connectivity index (χ2v) is 5.40. The van der Waals surface area contributed by atoms with Gasteiger partial charge in [0.2, 0.25) is 0 Å². The van der Waals surface area contributed by atoms with E-state index in [1.54, 1.807) is 12.1 Å². The average molecular weight is 292 g/mol. The summed E-state index contributed by atoms with van der Waals surface area (Å²) in [4.78, 5) is 24.0. The third-order valence-corrected chi connectivity index (χ3v) is 4.08. The van der Waals surface area contributed by atoms with E-state index < -0.39 is 11.9 Å². The summed E-state index contributed by atoms with van der Waals surface area (Å²) in [5, 5.41) is 12.2. The molecule has 3 aromatic carbocycles. The summed E-state index contributed by atoms with van der Waals surface area (Å²) in [5.41, 5.74) is 0.711. The zero-order valence-corrected chi connectivity index (χ0v) is 12.2. The predicted octanol–water partition coefficient (Wildman–Crippen LogP) is 3.93. The van der Waals surface area contributed by atoms with Crippen LogP contribution < -0.4 is 5.43 Å². The number of carboxylic acid groups (broad SMARTS) is 1. The van der Waals surface area contributed by atoms with E-state index >= 15 is 0 Å². The molecule has 3 aromatic rings. The number of rotatable bonds is 3. The summed E-state index contributed by atoms with van der Waals surface area (Å²) in [7, 11) is 0. The Morgan fingerprint density at radius 1 is 1.00 bits per heavy atom. The summed E-state index contributed by atoms with van der Waals surface area (Å²) in [5.74, 6) is -1.38. The fraction of sp³-hybridized carbons (Fsp3) is 0.158. The quantitative estimate of drug-likeness (QED) is 0.795. The molecule has 1 atom stereocenters. The van der Waals surface area contributed by atoms with Gasteiger partial charge in [-0.05, 0) is 22.8 Å². The van der Waals surface area contributed by atoms with Crippen molar-refractivity contribution in [2.45, 2.75) is 19.3 Å². The van der Waals surface area contributed by atoms with Gasteiger partial charge in [0.1, 0.15) is 0 Å². The van der Waals surface area contributed by atoms with Crippen LogP contribution in [0.4, 0.5) is 0 Å². The van der Waals surface area contributed by atoms with Crippen LogP contribution in [0, 0.1) is 0 Å². The van der Waals surface area contributed by atoms with Crippen LogP contribution >= 0.6 is 0 Å². The van der Waals surface area contributed by atoms with Crippen LogP contribution in [0.3, 0.4) is 0 Å². The Bertz CT molecular complexity index is 928. The summed E-state index contributed by atoms with van der Waals surface area (Å²) in [6.07, 6.45) is 0.520. The van der Waals surface area contributed by atoms with Gasteiger partial charge in [0.05, 0.1) is 5.92 Å². The van der Waals surface area contributed by atoms with Crippen molar-refractivity contribution in [1.82, 2.24) is 0 Å². The topological polar surface area (TPSA) is 54.4 Å². The van der Waals surface area contributed by atoms with Crippen molar-refractivity contribution in [2.75, 3.05) is 0 Å². The molecule has 0 saturated carbocycles. The van der Waals surface area contributed by atoms with Crippen LogP contribution in [0.2, 0.25) is 0 Å². The molecule has 3 heteroatoms. The van der Waals surface area contributed by atoms with E-state index in [4.69, 9.17) is 0 Å². The molecule has 0 radical (unpaired) electrons. The largest absolute Gasteiger partial charge is 0.481 e. The number of fused-ring (bicyclic) bond motifs is 2. The zero-order chi connectivity index (χ0) is 15.7. The third kappa shape index (κ3) is 2.35. The smallest absolute Gasteiger partial charge is 0.310 e. The third-order valence-electron chi connectivity index (χ3n) is 4.08. The lowest BCUT2D eigenvalue weighted by Gasteiger charge is -2.10. The number of hydrogen-bond acceptors (Lipinski definition) is 2. The van der Waals surface area contributed by atoms with Crippen molar-refractivity contribution in [3.8, 4) is 0 Å².